The third-order valence-electron chi connectivity index (χ3n) is 3.81. The highest BCUT2D eigenvalue weighted by atomic mass is 32.2. The van der Waals surface area contributed by atoms with Gasteiger partial charge in [-0.2, -0.15) is 4.31 Å². The maximum atomic E-state index is 12.6. The minimum absolute atomic E-state index is 0.0587. The van der Waals surface area contributed by atoms with Gasteiger partial charge in [0.25, 0.3) is 5.91 Å². The highest BCUT2D eigenvalue weighted by Crippen LogP contribution is 2.18. The second-order valence-electron chi connectivity index (χ2n) is 5.65. The monoisotopic (exact) mass is 370 g/mol. The summed E-state index contributed by atoms with van der Waals surface area (Å²) < 4.78 is 31.7. The van der Waals surface area contributed by atoms with Gasteiger partial charge >= 0.3 is 5.97 Å². The second kappa shape index (κ2) is 8.93. The number of amides is 1. The van der Waals surface area contributed by atoms with E-state index in [4.69, 9.17) is 9.84 Å². The normalized spacial score (nSPS) is 15.7. The highest BCUT2D eigenvalue weighted by Gasteiger charge is 2.26. The third-order valence-corrected chi connectivity index (χ3v) is 5.70. The van der Waals surface area contributed by atoms with Crippen molar-refractivity contribution in [2.24, 2.45) is 0 Å². The van der Waals surface area contributed by atoms with Crippen LogP contribution in [0.1, 0.15) is 29.6 Å². The molecule has 1 aromatic rings. The average Bonchev–Trinajstić information content (AvgIpc) is 2.62. The first kappa shape index (κ1) is 19.4. The minimum atomic E-state index is -3.65. The molecule has 9 heteroatoms. The molecule has 1 fully saturated rings. The van der Waals surface area contributed by atoms with Crippen LogP contribution in [0.2, 0.25) is 0 Å². The smallest absolute Gasteiger partial charge is 0.303 e. The second-order valence-corrected chi connectivity index (χ2v) is 7.59. The highest BCUT2D eigenvalue weighted by molar-refractivity contribution is 7.89. The fraction of sp³-hybridized carbons (Fsp3) is 0.500. The fourth-order valence-corrected chi connectivity index (χ4v) is 3.89. The Labute approximate surface area is 146 Å². The molecule has 8 nitrogen and oxygen atoms in total. The topological polar surface area (TPSA) is 113 Å². The Morgan fingerprint density at radius 3 is 2.60 bits per heavy atom. The molecule has 0 unspecified atom stereocenters. The van der Waals surface area contributed by atoms with Gasteiger partial charge in [-0.25, -0.2) is 8.42 Å². The van der Waals surface area contributed by atoms with E-state index in [2.05, 4.69) is 5.32 Å². The molecule has 0 aliphatic carbocycles. The predicted molar refractivity (Wildman–Crippen MR) is 89.8 cm³/mol. The number of sulfonamides is 1. The van der Waals surface area contributed by atoms with Gasteiger partial charge < -0.3 is 15.2 Å². The van der Waals surface area contributed by atoms with Gasteiger partial charge in [0.05, 0.1) is 18.1 Å². The lowest BCUT2D eigenvalue weighted by atomic mass is 10.2. The zero-order valence-electron chi connectivity index (χ0n) is 13.8. The van der Waals surface area contributed by atoms with Crippen LogP contribution in [0, 0.1) is 0 Å². The number of nitrogens with zero attached hydrogens (tertiary/aromatic N) is 1. The van der Waals surface area contributed by atoms with Crippen LogP contribution in [-0.4, -0.2) is 62.6 Å². The maximum absolute atomic E-state index is 12.6. The molecular weight excluding hydrogens is 348 g/mol. The van der Waals surface area contributed by atoms with Gasteiger partial charge in [-0.15, -0.1) is 0 Å². The lowest BCUT2D eigenvalue weighted by Gasteiger charge is -2.26. The first-order chi connectivity index (χ1) is 11.9. The largest absolute Gasteiger partial charge is 0.481 e. The van der Waals surface area contributed by atoms with Gasteiger partial charge in [0.15, 0.2) is 0 Å². The Bertz CT molecular complexity index is 713. The maximum Gasteiger partial charge on any atom is 0.303 e. The Morgan fingerprint density at radius 1 is 1.20 bits per heavy atom. The van der Waals surface area contributed by atoms with E-state index < -0.39 is 16.0 Å². The lowest BCUT2D eigenvalue weighted by Crippen LogP contribution is -2.40. The number of rotatable bonds is 8. The Morgan fingerprint density at radius 2 is 1.92 bits per heavy atom. The summed E-state index contributed by atoms with van der Waals surface area (Å²) in [6.07, 6.45) is 1.08. The van der Waals surface area contributed by atoms with Crippen molar-refractivity contribution in [1.29, 1.82) is 0 Å². The van der Waals surface area contributed by atoms with Crippen molar-refractivity contribution in [2.75, 3.05) is 32.8 Å². The van der Waals surface area contributed by atoms with Crippen molar-refractivity contribution in [3.8, 4) is 0 Å². The minimum Gasteiger partial charge on any atom is -0.481 e. The number of carboxylic acids is 1. The predicted octanol–water partition coefficient (Wildman–Crippen LogP) is 0.692. The molecule has 2 N–H and O–H groups in total. The van der Waals surface area contributed by atoms with Gasteiger partial charge in [-0.1, -0.05) is 6.07 Å². The number of carboxylic acid groups (broad SMARTS) is 1. The van der Waals surface area contributed by atoms with E-state index in [-0.39, 0.29) is 22.8 Å². The van der Waals surface area contributed by atoms with Crippen LogP contribution in [0.3, 0.4) is 0 Å². The van der Waals surface area contributed by atoms with E-state index in [1.54, 1.807) is 6.07 Å². The summed E-state index contributed by atoms with van der Waals surface area (Å²) in [4.78, 5) is 22.6. The van der Waals surface area contributed by atoms with Crippen LogP contribution >= 0.6 is 0 Å². The number of hydrogen-bond acceptors (Lipinski definition) is 5. The number of carbonyl (C=O) groups excluding carboxylic acids is 1. The van der Waals surface area contributed by atoms with E-state index >= 15 is 0 Å². The Kier molecular flexibility index (Phi) is 6.91. The molecule has 1 saturated heterocycles. The summed E-state index contributed by atoms with van der Waals surface area (Å²) in [7, 11) is -3.65. The molecule has 1 aliphatic rings. The van der Waals surface area contributed by atoms with Crippen molar-refractivity contribution in [3.05, 3.63) is 29.8 Å². The molecule has 138 valence electrons. The molecule has 0 atom stereocenters. The third kappa shape index (κ3) is 5.52. The number of aliphatic carboxylic acids is 1. The molecule has 25 heavy (non-hydrogen) atoms. The molecule has 1 amide bonds. The summed E-state index contributed by atoms with van der Waals surface area (Å²) in [5, 5.41) is 11.2. The Hall–Kier alpha value is -1.97. The first-order valence-electron chi connectivity index (χ1n) is 8.09. The van der Waals surface area contributed by atoms with Crippen LogP contribution in [-0.2, 0) is 19.6 Å². The van der Waals surface area contributed by atoms with Crippen LogP contribution in [0.15, 0.2) is 29.2 Å². The quantitative estimate of drug-likeness (QED) is 0.651. The number of ether oxygens (including phenoxy) is 1. The summed E-state index contributed by atoms with van der Waals surface area (Å²) in [5.41, 5.74) is 0.257. The van der Waals surface area contributed by atoms with E-state index in [1.165, 1.54) is 22.5 Å². The molecule has 0 bridgehead atoms. The number of morpholine rings is 1. The number of nitrogens with one attached hydrogen (secondary N) is 1. The molecule has 1 aliphatic heterocycles. The molecule has 2 rings (SSSR count). The van der Waals surface area contributed by atoms with Gasteiger partial charge in [0.1, 0.15) is 0 Å². The molecular formula is C16H22N2O6S. The number of hydrogen-bond donors (Lipinski definition) is 2. The van der Waals surface area contributed by atoms with Crippen LogP contribution in [0.4, 0.5) is 0 Å². The van der Waals surface area contributed by atoms with E-state index in [0.717, 1.165) is 0 Å². The lowest BCUT2D eigenvalue weighted by molar-refractivity contribution is -0.137. The van der Waals surface area contributed by atoms with Gasteiger partial charge in [0.2, 0.25) is 10.0 Å². The fourth-order valence-electron chi connectivity index (χ4n) is 2.44. The molecule has 0 spiro atoms. The van der Waals surface area contributed by atoms with Crippen molar-refractivity contribution in [1.82, 2.24) is 9.62 Å². The number of unbranched alkanes of at least 4 members (excludes halogenated alkanes) is 1. The van der Waals surface area contributed by atoms with Crippen molar-refractivity contribution in [2.45, 2.75) is 24.2 Å². The summed E-state index contributed by atoms with van der Waals surface area (Å²) in [6, 6.07) is 5.91. The zero-order valence-corrected chi connectivity index (χ0v) is 14.6. The number of benzene rings is 1. The molecule has 1 heterocycles. The summed E-state index contributed by atoms with van der Waals surface area (Å²) in [6.45, 7) is 1.64. The van der Waals surface area contributed by atoms with Gasteiger partial charge in [-0.3, -0.25) is 9.59 Å². The van der Waals surface area contributed by atoms with E-state index in [9.17, 15) is 18.0 Å². The first-order valence-corrected chi connectivity index (χ1v) is 9.53. The standard InChI is InChI=1S/C16H22N2O6S/c19-15(20)6-1-2-7-17-16(21)13-4-3-5-14(12-13)25(22,23)18-8-10-24-11-9-18/h3-5,12H,1-2,6-11H2,(H,17,21)(H,19,20). The van der Waals surface area contributed by atoms with Crippen molar-refractivity contribution >= 4 is 21.9 Å². The van der Waals surface area contributed by atoms with Gasteiger partial charge in [-0.05, 0) is 31.0 Å². The molecule has 0 aromatic heterocycles. The van der Waals surface area contributed by atoms with E-state index in [1.807, 2.05) is 0 Å². The van der Waals surface area contributed by atoms with Crippen molar-refractivity contribution in [3.63, 3.8) is 0 Å². The van der Waals surface area contributed by atoms with E-state index in [0.29, 0.717) is 45.7 Å². The molecule has 1 aromatic carbocycles. The SMILES string of the molecule is O=C(O)CCCCNC(=O)c1cccc(S(=O)(=O)N2CCOCC2)c1. The Balaban J connectivity index is 1.97. The van der Waals surface area contributed by atoms with Gasteiger partial charge in [0, 0.05) is 31.6 Å². The average molecular weight is 370 g/mol. The molecule has 0 saturated carbocycles. The molecule has 0 radical (unpaired) electrons. The number of carbonyl (C=O) groups is 2. The summed E-state index contributed by atoms with van der Waals surface area (Å²) >= 11 is 0. The van der Waals surface area contributed by atoms with Crippen molar-refractivity contribution < 1.29 is 27.9 Å². The zero-order chi connectivity index (χ0) is 18.3. The van der Waals surface area contributed by atoms with Crippen LogP contribution in [0.5, 0.6) is 0 Å². The van der Waals surface area contributed by atoms with Crippen LogP contribution in [0.25, 0.3) is 0 Å². The van der Waals surface area contributed by atoms with Crippen LogP contribution < -0.4 is 5.32 Å². The summed E-state index contributed by atoms with van der Waals surface area (Å²) in [5.74, 6) is -1.25.